The van der Waals surface area contributed by atoms with Gasteiger partial charge in [0, 0.05) is 18.8 Å². The lowest BCUT2D eigenvalue weighted by Crippen LogP contribution is -2.35. The van der Waals surface area contributed by atoms with Crippen molar-refractivity contribution in [2.75, 3.05) is 31.6 Å². The highest BCUT2D eigenvalue weighted by atomic mass is 15.1. The fraction of sp³-hybridized carbons (Fsp3) is 0.571. The largest absolute Gasteiger partial charge is 0.371 e. The van der Waals surface area contributed by atoms with Crippen LogP contribution in [0.15, 0.2) is 24.3 Å². The Hall–Kier alpha value is -1.02. The predicted molar refractivity (Wildman–Crippen MR) is 70.1 cm³/mol. The second-order valence-corrected chi connectivity index (χ2v) is 4.84. The first-order valence-corrected chi connectivity index (χ1v) is 6.28. The van der Waals surface area contributed by atoms with Crippen molar-refractivity contribution in [3.8, 4) is 0 Å². The minimum absolute atomic E-state index is 0.782. The summed E-state index contributed by atoms with van der Waals surface area (Å²) in [6, 6.07) is 8.85. The van der Waals surface area contributed by atoms with Gasteiger partial charge in [0.15, 0.2) is 0 Å². The molecule has 0 bridgehead atoms. The average Bonchev–Trinajstić information content (AvgIpc) is 2.29. The molecule has 1 N–H and O–H groups in total. The molecule has 0 aliphatic carbocycles. The van der Waals surface area contributed by atoms with E-state index in [1.54, 1.807) is 0 Å². The van der Waals surface area contributed by atoms with Crippen molar-refractivity contribution < 1.29 is 0 Å². The first kappa shape index (κ1) is 11.5. The summed E-state index contributed by atoms with van der Waals surface area (Å²) in [5.41, 5.74) is 2.97. The normalized spacial score (nSPS) is 19.6. The van der Waals surface area contributed by atoms with Gasteiger partial charge in [-0.3, -0.25) is 0 Å². The predicted octanol–water partition coefficient (Wildman–Crippen LogP) is 2.29. The van der Waals surface area contributed by atoms with Crippen molar-refractivity contribution >= 4 is 5.69 Å². The van der Waals surface area contributed by atoms with Crippen molar-refractivity contribution in [3.63, 3.8) is 0 Å². The van der Waals surface area contributed by atoms with Crippen LogP contribution in [0.25, 0.3) is 0 Å². The summed E-state index contributed by atoms with van der Waals surface area (Å²) in [7, 11) is 2.02. The van der Waals surface area contributed by atoms with Gasteiger partial charge in [0.05, 0.1) is 0 Å². The van der Waals surface area contributed by atoms with Crippen molar-refractivity contribution in [1.29, 1.82) is 0 Å². The molecule has 1 unspecified atom stereocenters. The Labute approximate surface area is 98.7 Å². The van der Waals surface area contributed by atoms with E-state index in [4.69, 9.17) is 0 Å². The Balaban J connectivity index is 2.07. The van der Waals surface area contributed by atoms with Crippen LogP contribution in [0.4, 0.5) is 5.69 Å². The van der Waals surface area contributed by atoms with Crippen LogP contribution in [-0.4, -0.2) is 26.7 Å². The molecule has 0 aromatic heterocycles. The van der Waals surface area contributed by atoms with Crippen LogP contribution in [0, 0.1) is 5.92 Å². The number of para-hydroxylation sites is 1. The molecule has 0 amide bonds. The molecule has 1 aromatic rings. The van der Waals surface area contributed by atoms with E-state index in [2.05, 4.69) is 41.4 Å². The lowest BCUT2D eigenvalue weighted by atomic mass is 9.94. The minimum Gasteiger partial charge on any atom is -0.371 e. The van der Waals surface area contributed by atoms with Gasteiger partial charge >= 0.3 is 0 Å². The molecule has 16 heavy (non-hydrogen) atoms. The Morgan fingerprint density at radius 1 is 1.38 bits per heavy atom. The van der Waals surface area contributed by atoms with E-state index >= 15 is 0 Å². The lowest BCUT2D eigenvalue weighted by molar-refractivity contribution is 0.524. The minimum atomic E-state index is 0.782. The maximum atomic E-state index is 3.22. The van der Waals surface area contributed by atoms with Gasteiger partial charge in [-0.1, -0.05) is 25.1 Å². The van der Waals surface area contributed by atoms with Gasteiger partial charge in [-0.05, 0) is 44.0 Å². The first-order valence-electron chi connectivity index (χ1n) is 6.28. The van der Waals surface area contributed by atoms with Gasteiger partial charge in [0.1, 0.15) is 0 Å². The summed E-state index contributed by atoms with van der Waals surface area (Å²) >= 11 is 0. The van der Waals surface area contributed by atoms with E-state index in [-0.39, 0.29) is 0 Å². The monoisotopic (exact) mass is 218 g/mol. The average molecular weight is 218 g/mol. The molecule has 0 saturated heterocycles. The van der Waals surface area contributed by atoms with Crippen molar-refractivity contribution in [3.05, 3.63) is 29.8 Å². The Morgan fingerprint density at radius 3 is 3.00 bits per heavy atom. The zero-order chi connectivity index (χ0) is 11.4. The molecule has 88 valence electrons. The van der Waals surface area contributed by atoms with Gasteiger partial charge in [0.25, 0.3) is 0 Å². The molecule has 1 aliphatic rings. The molecule has 1 aromatic carbocycles. The maximum Gasteiger partial charge on any atom is 0.0398 e. The van der Waals surface area contributed by atoms with Crippen LogP contribution in [-0.2, 0) is 6.42 Å². The standard InChI is InChI=1S/C14H22N2/c1-12-10-13-6-3-4-7-14(13)16(11-12)9-5-8-15-2/h3-4,6-7,12,15H,5,8-11H2,1-2H3. The first-order chi connectivity index (χ1) is 7.81. The van der Waals surface area contributed by atoms with Crippen molar-refractivity contribution in [2.45, 2.75) is 19.8 Å². The molecule has 0 radical (unpaired) electrons. The van der Waals surface area contributed by atoms with Gasteiger partial charge < -0.3 is 10.2 Å². The highest BCUT2D eigenvalue weighted by Gasteiger charge is 2.20. The quantitative estimate of drug-likeness (QED) is 0.780. The van der Waals surface area contributed by atoms with Crippen LogP contribution in [0.2, 0.25) is 0 Å². The number of fused-ring (bicyclic) bond motifs is 1. The Kier molecular flexibility index (Phi) is 3.83. The number of benzene rings is 1. The molecule has 1 atom stereocenters. The summed E-state index contributed by atoms with van der Waals surface area (Å²) in [6.45, 7) is 5.83. The molecule has 2 heteroatoms. The zero-order valence-corrected chi connectivity index (χ0v) is 10.4. The third-order valence-corrected chi connectivity index (χ3v) is 3.29. The summed E-state index contributed by atoms with van der Waals surface area (Å²) < 4.78 is 0. The summed E-state index contributed by atoms with van der Waals surface area (Å²) in [4.78, 5) is 2.54. The summed E-state index contributed by atoms with van der Waals surface area (Å²) in [5.74, 6) is 0.782. The van der Waals surface area contributed by atoms with E-state index in [0.29, 0.717) is 0 Å². The fourth-order valence-electron chi connectivity index (χ4n) is 2.56. The third kappa shape index (κ3) is 2.56. The number of rotatable bonds is 4. The highest BCUT2D eigenvalue weighted by molar-refractivity contribution is 5.55. The summed E-state index contributed by atoms with van der Waals surface area (Å²) in [5, 5.41) is 3.22. The van der Waals surface area contributed by atoms with Crippen molar-refractivity contribution in [1.82, 2.24) is 5.32 Å². The molecular weight excluding hydrogens is 196 g/mol. The second-order valence-electron chi connectivity index (χ2n) is 4.84. The Morgan fingerprint density at radius 2 is 2.19 bits per heavy atom. The number of hydrogen-bond donors (Lipinski definition) is 1. The lowest BCUT2D eigenvalue weighted by Gasteiger charge is -2.34. The number of nitrogens with one attached hydrogen (secondary N) is 1. The van der Waals surface area contributed by atoms with E-state index in [9.17, 15) is 0 Å². The molecule has 1 heterocycles. The third-order valence-electron chi connectivity index (χ3n) is 3.29. The maximum absolute atomic E-state index is 3.22. The van der Waals surface area contributed by atoms with Gasteiger partial charge in [-0.15, -0.1) is 0 Å². The van der Waals surface area contributed by atoms with Crippen LogP contribution in [0.5, 0.6) is 0 Å². The molecule has 0 fully saturated rings. The van der Waals surface area contributed by atoms with Crippen LogP contribution in [0.3, 0.4) is 0 Å². The number of anilines is 1. The molecule has 2 nitrogen and oxygen atoms in total. The molecule has 1 aliphatic heterocycles. The fourth-order valence-corrected chi connectivity index (χ4v) is 2.56. The second kappa shape index (κ2) is 5.35. The zero-order valence-electron chi connectivity index (χ0n) is 10.4. The SMILES string of the molecule is CNCCCN1CC(C)Cc2ccccc21. The van der Waals surface area contributed by atoms with Crippen LogP contribution >= 0.6 is 0 Å². The van der Waals surface area contributed by atoms with Gasteiger partial charge in [0.2, 0.25) is 0 Å². The highest BCUT2D eigenvalue weighted by Crippen LogP contribution is 2.29. The van der Waals surface area contributed by atoms with E-state index in [1.165, 1.54) is 37.2 Å². The molecular formula is C14H22N2. The van der Waals surface area contributed by atoms with Crippen LogP contribution < -0.4 is 10.2 Å². The smallest absolute Gasteiger partial charge is 0.0398 e. The van der Waals surface area contributed by atoms with E-state index < -0.39 is 0 Å². The van der Waals surface area contributed by atoms with E-state index in [0.717, 1.165) is 12.5 Å². The molecule has 2 rings (SSSR count). The molecule has 0 spiro atoms. The van der Waals surface area contributed by atoms with Crippen LogP contribution in [0.1, 0.15) is 18.9 Å². The van der Waals surface area contributed by atoms with E-state index in [1.807, 2.05) is 7.05 Å². The Bertz CT molecular complexity index is 335. The number of hydrogen-bond acceptors (Lipinski definition) is 2. The molecule has 0 saturated carbocycles. The summed E-state index contributed by atoms with van der Waals surface area (Å²) in [6.07, 6.45) is 2.45. The van der Waals surface area contributed by atoms with Crippen molar-refractivity contribution in [2.24, 2.45) is 5.92 Å². The number of nitrogens with zero attached hydrogens (tertiary/aromatic N) is 1. The van der Waals surface area contributed by atoms with Gasteiger partial charge in [-0.25, -0.2) is 0 Å². The topological polar surface area (TPSA) is 15.3 Å². The van der Waals surface area contributed by atoms with Gasteiger partial charge in [-0.2, -0.15) is 0 Å².